The molecule has 1 atom stereocenters. The zero-order valence-corrected chi connectivity index (χ0v) is 18.1. The lowest BCUT2D eigenvalue weighted by molar-refractivity contribution is 0.0699. The Hall–Kier alpha value is -2.97. The highest BCUT2D eigenvalue weighted by atomic mass is 79.9. The lowest BCUT2D eigenvalue weighted by Gasteiger charge is -2.23. The summed E-state index contributed by atoms with van der Waals surface area (Å²) in [5, 5.41) is 20.6. The van der Waals surface area contributed by atoms with Crippen LogP contribution in [0.4, 0.5) is 17.5 Å². The number of ether oxygens (including phenoxy) is 1. The molecule has 3 aromatic heterocycles. The first-order valence-electron chi connectivity index (χ1n) is 9.70. The van der Waals surface area contributed by atoms with Crippen LogP contribution in [-0.4, -0.2) is 44.3 Å². The van der Waals surface area contributed by atoms with Gasteiger partial charge in [-0.25, -0.2) is 19.5 Å². The molecule has 1 aliphatic heterocycles. The van der Waals surface area contributed by atoms with E-state index in [0.717, 1.165) is 48.4 Å². The Labute approximate surface area is 182 Å². The summed E-state index contributed by atoms with van der Waals surface area (Å²) >= 11 is 3.58. The van der Waals surface area contributed by atoms with Crippen LogP contribution in [0.3, 0.4) is 0 Å². The normalized spacial score (nSPS) is 15.6. The minimum Gasteiger partial charge on any atom is -0.382 e. The number of anilines is 3. The van der Waals surface area contributed by atoms with Crippen LogP contribution in [0, 0.1) is 17.2 Å². The van der Waals surface area contributed by atoms with Gasteiger partial charge in [0.1, 0.15) is 35.1 Å². The van der Waals surface area contributed by atoms with Crippen LogP contribution >= 0.6 is 15.9 Å². The molecule has 0 unspecified atom stereocenters. The number of nitrogens with zero attached hydrogens (tertiary/aromatic N) is 6. The van der Waals surface area contributed by atoms with Crippen molar-refractivity contribution in [1.29, 1.82) is 5.26 Å². The van der Waals surface area contributed by atoms with Crippen molar-refractivity contribution in [1.82, 2.24) is 24.6 Å². The molecule has 1 aliphatic rings. The van der Waals surface area contributed by atoms with Crippen LogP contribution in [0.5, 0.6) is 0 Å². The molecule has 0 spiro atoms. The van der Waals surface area contributed by atoms with Crippen molar-refractivity contribution in [3.05, 3.63) is 34.5 Å². The second-order valence-electron chi connectivity index (χ2n) is 7.17. The summed E-state index contributed by atoms with van der Waals surface area (Å²) in [4.78, 5) is 12.8. The van der Waals surface area contributed by atoms with Gasteiger partial charge in [-0.1, -0.05) is 0 Å². The van der Waals surface area contributed by atoms with E-state index < -0.39 is 0 Å². The highest BCUT2D eigenvalue weighted by Crippen LogP contribution is 2.28. The summed E-state index contributed by atoms with van der Waals surface area (Å²) < 4.78 is 8.15. The average Bonchev–Trinajstić information content (AvgIpc) is 3.14. The number of aromatic nitrogens is 5. The van der Waals surface area contributed by atoms with E-state index in [4.69, 9.17) is 15.5 Å². The maximum Gasteiger partial charge on any atom is 0.173 e. The molecule has 0 aliphatic carbocycles. The molecule has 0 radical (unpaired) electrons. The summed E-state index contributed by atoms with van der Waals surface area (Å²) in [7, 11) is 0. The molecule has 10 nitrogen and oxygen atoms in total. The first-order valence-corrected chi connectivity index (χ1v) is 10.5. The van der Waals surface area contributed by atoms with Crippen LogP contribution in [0.1, 0.15) is 37.2 Å². The van der Waals surface area contributed by atoms with Gasteiger partial charge in [-0.15, -0.1) is 0 Å². The number of halogens is 1. The van der Waals surface area contributed by atoms with E-state index in [1.165, 1.54) is 6.33 Å². The van der Waals surface area contributed by atoms with E-state index in [9.17, 15) is 5.26 Å². The molecule has 156 valence electrons. The van der Waals surface area contributed by atoms with Gasteiger partial charge < -0.3 is 21.1 Å². The van der Waals surface area contributed by atoms with E-state index in [-0.39, 0.29) is 17.4 Å². The fourth-order valence-corrected chi connectivity index (χ4v) is 3.88. The van der Waals surface area contributed by atoms with Crippen molar-refractivity contribution >= 4 is 38.9 Å². The lowest BCUT2D eigenvalue weighted by Crippen LogP contribution is -2.24. The number of nitrogens with two attached hydrogens (primary N) is 1. The van der Waals surface area contributed by atoms with Crippen LogP contribution in [-0.2, 0) is 4.74 Å². The minimum atomic E-state index is -0.319. The van der Waals surface area contributed by atoms with E-state index in [2.05, 4.69) is 41.6 Å². The van der Waals surface area contributed by atoms with Crippen LogP contribution in [0.25, 0.3) is 5.52 Å². The number of nitriles is 1. The van der Waals surface area contributed by atoms with Gasteiger partial charge in [0, 0.05) is 30.4 Å². The number of rotatable bonds is 6. The SMILES string of the molecule is C[C@H](Nc1ncnc(N)c1C#N)c1nc(NCC2CCOCC2)c2c(Br)ccn2n1. The molecule has 30 heavy (non-hydrogen) atoms. The van der Waals surface area contributed by atoms with E-state index in [1.54, 1.807) is 4.52 Å². The number of fused-ring (bicyclic) bond motifs is 1. The fourth-order valence-electron chi connectivity index (χ4n) is 3.39. The fraction of sp³-hybridized carbons (Fsp3) is 0.421. The second kappa shape index (κ2) is 8.81. The van der Waals surface area contributed by atoms with Crippen molar-refractivity contribution in [2.45, 2.75) is 25.8 Å². The maximum atomic E-state index is 9.36. The first-order chi connectivity index (χ1) is 14.6. The number of nitrogens with one attached hydrogen (secondary N) is 2. The van der Waals surface area contributed by atoms with E-state index >= 15 is 0 Å². The first kappa shape index (κ1) is 20.3. The molecule has 0 bridgehead atoms. The summed E-state index contributed by atoms with van der Waals surface area (Å²) in [6.45, 7) is 4.32. The molecular weight excluding hydrogens is 450 g/mol. The van der Waals surface area contributed by atoms with E-state index in [0.29, 0.717) is 17.6 Å². The van der Waals surface area contributed by atoms with Gasteiger partial charge in [0.05, 0.1) is 6.04 Å². The average molecular weight is 472 g/mol. The predicted octanol–water partition coefficient (Wildman–Crippen LogP) is 2.75. The lowest BCUT2D eigenvalue weighted by atomic mass is 10.0. The van der Waals surface area contributed by atoms with Crippen LogP contribution < -0.4 is 16.4 Å². The van der Waals surface area contributed by atoms with Gasteiger partial charge in [0.2, 0.25) is 0 Å². The summed E-state index contributed by atoms with van der Waals surface area (Å²) in [5.74, 6) is 2.34. The Morgan fingerprint density at radius 3 is 2.93 bits per heavy atom. The third-order valence-electron chi connectivity index (χ3n) is 5.11. The van der Waals surface area contributed by atoms with Crippen LogP contribution in [0.15, 0.2) is 23.1 Å². The summed E-state index contributed by atoms with van der Waals surface area (Å²) in [5.41, 5.74) is 6.86. The molecular formula is C19H22BrN9O. The molecule has 1 fully saturated rings. The molecule has 0 amide bonds. The van der Waals surface area contributed by atoms with Crippen molar-refractivity contribution < 1.29 is 4.74 Å². The predicted molar refractivity (Wildman–Crippen MR) is 116 cm³/mol. The number of nitrogen functional groups attached to an aromatic ring is 1. The van der Waals surface area contributed by atoms with Crippen molar-refractivity contribution in [3.63, 3.8) is 0 Å². The molecule has 4 N–H and O–H groups in total. The maximum absolute atomic E-state index is 9.36. The van der Waals surface area contributed by atoms with E-state index in [1.807, 2.05) is 25.3 Å². The number of hydrogen-bond donors (Lipinski definition) is 3. The van der Waals surface area contributed by atoms with Crippen molar-refractivity contribution in [2.24, 2.45) is 5.92 Å². The van der Waals surface area contributed by atoms with Gasteiger partial charge in [0.25, 0.3) is 0 Å². The second-order valence-corrected chi connectivity index (χ2v) is 8.03. The van der Waals surface area contributed by atoms with Crippen molar-refractivity contribution in [2.75, 3.05) is 36.1 Å². The zero-order chi connectivity index (χ0) is 21.1. The van der Waals surface area contributed by atoms with Gasteiger partial charge in [-0.05, 0) is 47.7 Å². The molecule has 0 aromatic carbocycles. The number of hydrogen-bond acceptors (Lipinski definition) is 9. The minimum absolute atomic E-state index is 0.131. The molecule has 4 rings (SSSR count). The molecule has 3 aromatic rings. The molecule has 0 saturated carbocycles. The Bertz CT molecular complexity index is 1090. The molecule has 11 heteroatoms. The van der Waals surface area contributed by atoms with Crippen molar-refractivity contribution in [3.8, 4) is 6.07 Å². The Balaban J connectivity index is 1.61. The monoisotopic (exact) mass is 471 g/mol. The molecule has 4 heterocycles. The Kier molecular flexibility index (Phi) is 5.96. The highest BCUT2D eigenvalue weighted by molar-refractivity contribution is 9.10. The molecule has 1 saturated heterocycles. The summed E-state index contributed by atoms with van der Waals surface area (Å²) in [6, 6.07) is 3.65. The van der Waals surface area contributed by atoms with Gasteiger partial charge in [-0.3, -0.25) is 0 Å². The van der Waals surface area contributed by atoms with Gasteiger partial charge >= 0.3 is 0 Å². The third kappa shape index (κ3) is 4.15. The zero-order valence-electron chi connectivity index (χ0n) is 16.5. The largest absolute Gasteiger partial charge is 0.382 e. The van der Waals surface area contributed by atoms with Gasteiger partial charge in [0.15, 0.2) is 11.6 Å². The third-order valence-corrected chi connectivity index (χ3v) is 5.75. The quantitative estimate of drug-likeness (QED) is 0.494. The Morgan fingerprint density at radius 1 is 1.37 bits per heavy atom. The standard InChI is InChI=1S/C19H22BrN9O/c1-11(26-18-13(8-21)16(22)24-10-25-18)17-27-19(15-14(20)2-5-29(15)28-17)23-9-12-3-6-30-7-4-12/h2,5,10-12H,3-4,6-7,9H2,1H3,(H,23,27,28)(H3,22,24,25,26)/t11-/m0/s1. The highest BCUT2D eigenvalue weighted by Gasteiger charge is 2.20. The Morgan fingerprint density at radius 2 is 2.17 bits per heavy atom. The topological polar surface area (TPSA) is 139 Å². The summed E-state index contributed by atoms with van der Waals surface area (Å²) in [6.07, 6.45) is 5.26. The van der Waals surface area contributed by atoms with Gasteiger partial charge in [-0.2, -0.15) is 10.4 Å². The van der Waals surface area contributed by atoms with Crippen LogP contribution in [0.2, 0.25) is 0 Å². The smallest absolute Gasteiger partial charge is 0.173 e.